The molecule has 0 spiro atoms. The van der Waals surface area contributed by atoms with Crippen molar-refractivity contribution in [3.8, 4) is 0 Å². The van der Waals surface area contributed by atoms with Crippen molar-refractivity contribution in [2.24, 2.45) is 0 Å². The van der Waals surface area contributed by atoms with Crippen LogP contribution in [0.15, 0.2) is 65.1 Å². The van der Waals surface area contributed by atoms with Gasteiger partial charge >= 0.3 is 5.97 Å². The van der Waals surface area contributed by atoms with E-state index < -0.39 is 21.1 Å². The van der Waals surface area contributed by atoms with Crippen LogP contribution < -0.4 is 0 Å². The summed E-state index contributed by atoms with van der Waals surface area (Å²) in [6.07, 6.45) is 1.97. The number of carbonyl (C=O) groups is 1. The van der Waals surface area contributed by atoms with Crippen LogP contribution in [0.5, 0.6) is 0 Å². The Balaban J connectivity index is 2.35. The second-order valence-electron chi connectivity index (χ2n) is 6.20. The van der Waals surface area contributed by atoms with Crippen LogP contribution in [0.2, 0.25) is 0 Å². The minimum atomic E-state index is -3.84. The zero-order valence-corrected chi connectivity index (χ0v) is 16.1. The Labute approximate surface area is 155 Å². The van der Waals surface area contributed by atoms with E-state index in [-0.39, 0.29) is 17.9 Å². The van der Waals surface area contributed by atoms with Gasteiger partial charge in [-0.15, -0.1) is 0 Å². The van der Waals surface area contributed by atoms with E-state index >= 15 is 0 Å². The third-order valence-electron chi connectivity index (χ3n) is 3.99. The van der Waals surface area contributed by atoms with E-state index in [9.17, 15) is 13.2 Å². The SMILES string of the molecule is CCOC(=O)C(C/C(C)=C\c1ccccc1)S(=O)(=O)c1ccc(C)cc1. The number of rotatable bonds is 7. The second kappa shape index (κ2) is 8.81. The summed E-state index contributed by atoms with van der Waals surface area (Å²) in [4.78, 5) is 12.5. The van der Waals surface area contributed by atoms with Crippen molar-refractivity contribution < 1.29 is 17.9 Å². The van der Waals surface area contributed by atoms with Gasteiger partial charge in [-0.2, -0.15) is 0 Å². The molecule has 5 heteroatoms. The highest BCUT2D eigenvalue weighted by Gasteiger charge is 2.35. The van der Waals surface area contributed by atoms with E-state index in [1.807, 2.05) is 50.3 Å². The highest BCUT2D eigenvalue weighted by atomic mass is 32.2. The van der Waals surface area contributed by atoms with Crippen molar-refractivity contribution in [3.63, 3.8) is 0 Å². The molecule has 4 nitrogen and oxygen atoms in total. The maximum atomic E-state index is 13.0. The molecule has 0 fully saturated rings. The molecule has 0 aliphatic heterocycles. The van der Waals surface area contributed by atoms with E-state index in [4.69, 9.17) is 4.74 Å². The van der Waals surface area contributed by atoms with Gasteiger partial charge in [0.25, 0.3) is 0 Å². The van der Waals surface area contributed by atoms with Crippen molar-refractivity contribution in [2.75, 3.05) is 6.61 Å². The molecule has 26 heavy (non-hydrogen) atoms. The molecule has 0 bridgehead atoms. The van der Waals surface area contributed by atoms with Crippen molar-refractivity contribution in [1.29, 1.82) is 0 Å². The molecule has 2 aromatic rings. The van der Waals surface area contributed by atoms with Crippen LogP contribution in [0.1, 0.15) is 31.4 Å². The maximum Gasteiger partial charge on any atom is 0.325 e. The lowest BCUT2D eigenvalue weighted by Gasteiger charge is -2.17. The summed E-state index contributed by atoms with van der Waals surface area (Å²) < 4.78 is 31.1. The Bertz CT molecular complexity index is 866. The number of hydrogen-bond donors (Lipinski definition) is 0. The first-order valence-corrected chi connectivity index (χ1v) is 10.1. The Kier molecular flexibility index (Phi) is 6.75. The molecule has 0 aromatic heterocycles. The van der Waals surface area contributed by atoms with Gasteiger partial charge in [0.1, 0.15) is 0 Å². The van der Waals surface area contributed by atoms with E-state index in [1.54, 1.807) is 19.1 Å². The molecular formula is C21H24O4S. The van der Waals surface area contributed by atoms with Crippen molar-refractivity contribution in [1.82, 2.24) is 0 Å². The van der Waals surface area contributed by atoms with Crippen molar-refractivity contribution >= 4 is 21.9 Å². The fourth-order valence-corrected chi connectivity index (χ4v) is 4.28. The predicted molar refractivity (Wildman–Crippen MR) is 103 cm³/mol. The molecule has 0 radical (unpaired) electrons. The summed E-state index contributed by atoms with van der Waals surface area (Å²) in [5.41, 5.74) is 2.71. The molecule has 0 heterocycles. The fraction of sp³-hybridized carbons (Fsp3) is 0.286. The minimum Gasteiger partial charge on any atom is -0.465 e. The number of allylic oxidation sites excluding steroid dienone is 1. The largest absolute Gasteiger partial charge is 0.465 e. The summed E-state index contributed by atoms with van der Waals surface area (Å²) in [6.45, 7) is 5.51. The third-order valence-corrected chi connectivity index (χ3v) is 6.03. The topological polar surface area (TPSA) is 60.4 Å². The summed E-state index contributed by atoms with van der Waals surface area (Å²) in [5.74, 6) is -0.714. The van der Waals surface area contributed by atoms with Crippen molar-refractivity contribution in [2.45, 2.75) is 37.3 Å². The van der Waals surface area contributed by atoms with E-state index in [0.717, 1.165) is 16.7 Å². The van der Waals surface area contributed by atoms with E-state index in [0.29, 0.717) is 0 Å². The fourth-order valence-electron chi connectivity index (χ4n) is 2.63. The molecule has 2 aromatic carbocycles. The van der Waals surface area contributed by atoms with Gasteiger partial charge in [0, 0.05) is 0 Å². The van der Waals surface area contributed by atoms with Gasteiger partial charge in [0.15, 0.2) is 15.1 Å². The van der Waals surface area contributed by atoms with Gasteiger partial charge in [0.05, 0.1) is 11.5 Å². The third kappa shape index (κ3) is 5.05. The number of aryl methyl sites for hydroxylation is 1. The first-order valence-electron chi connectivity index (χ1n) is 8.54. The molecule has 138 valence electrons. The van der Waals surface area contributed by atoms with Crippen LogP contribution in [-0.2, 0) is 19.4 Å². The Morgan fingerprint density at radius 3 is 2.27 bits per heavy atom. The Hall–Kier alpha value is -2.40. The van der Waals surface area contributed by atoms with Gasteiger partial charge in [-0.25, -0.2) is 8.42 Å². The summed E-state index contributed by atoms with van der Waals surface area (Å²) in [6, 6.07) is 16.1. The average molecular weight is 372 g/mol. The predicted octanol–water partition coefficient (Wildman–Crippen LogP) is 4.19. The van der Waals surface area contributed by atoms with Crippen LogP contribution in [0.25, 0.3) is 6.08 Å². The quantitative estimate of drug-likeness (QED) is 0.684. The van der Waals surface area contributed by atoms with Gasteiger partial charge in [-0.3, -0.25) is 4.79 Å². The summed E-state index contributed by atoms with van der Waals surface area (Å²) in [7, 11) is -3.84. The molecule has 1 unspecified atom stereocenters. The molecule has 0 N–H and O–H groups in total. The molecule has 2 rings (SSSR count). The van der Waals surface area contributed by atoms with Crippen molar-refractivity contribution in [3.05, 3.63) is 71.3 Å². The lowest BCUT2D eigenvalue weighted by atomic mass is 10.1. The first kappa shape index (κ1) is 19.9. The van der Waals surface area contributed by atoms with Gasteiger partial charge < -0.3 is 4.74 Å². The minimum absolute atomic E-state index is 0.0872. The van der Waals surface area contributed by atoms with Crippen LogP contribution in [0.4, 0.5) is 0 Å². The Morgan fingerprint density at radius 2 is 1.69 bits per heavy atom. The smallest absolute Gasteiger partial charge is 0.325 e. The van der Waals surface area contributed by atoms with Crippen LogP contribution >= 0.6 is 0 Å². The van der Waals surface area contributed by atoms with E-state index in [1.165, 1.54) is 12.1 Å². The van der Waals surface area contributed by atoms with Gasteiger partial charge in [-0.1, -0.05) is 59.7 Å². The average Bonchev–Trinajstić information content (AvgIpc) is 2.61. The van der Waals surface area contributed by atoms with Gasteiger partial charge in [-0.05, 0) is 44.9 Å². The second-order valence-corrected chi connectivity index (χ2v) is 8.33. The summed E-state index contributed by atoms with van der Waals surface area (Å²) in [5, 5.41) is -1.26. The van der Waals surface area contributed by atoms with E-state index in [2.05, 4.69) is 0 Å². The molecule has 0 saturated heterocycles. The number of benzene rings is 2. The monoisotopic (exact) mass is 372 g/mol. The first-order chi connectivity index (χ1) is 12.3. The number of sulfone groups is 1. The zero-order valence-electron chi connectivity index (χ0n) is 15.3. The molecule has 0 aliphatic rings. The molecule has 1 atom stereocenters. The number of carbonyl (C=O) groups excluding carboxylic acids is 1. The van der Waals surface area contributed by atoms with Crippen LogP contribution in [0.3, 0.4) is 0 Å². The molecule has 0 saturated carbocycles. The van der Waals surface area contributed by atoms with Crippen LogP contribution in [-0.4, -0.2) is 26.2 Å². The number of hydrogen-bond acceptors (Lipinski definition) is 4. The lowest BCUT2D eigenvalue weighted by molar-refractivity contribution is -0.142. The zero-order chi connectivity index (χ0) is 19.2. The highest BCUT2D eigenvalue weighted by molar-refractivity contribution is 7.92. The lowest BCUT2D eigenvalue weighted by Crippen LogP contribution is -2.32. The maximum absolute atomic E-state index is 13.0. The number of ether oxygens (including phenoxy) is 1. The standard InChI is InChI=1S/C21H24O4S/c1-4-25-21(22)20(15-17(3)14-18-8-6-5-7-9-18)26(23,24)19-12-10-16(2)11-13-19/h5-14,20H,4,15H2,1-3H3/b17-14-. The summed E-state index contributed by atoms with van der Waals surface area (Å²) >= 11 is 0. The molecule has 0 aliphatic carbocycles. The van der Waals surface area contributed by atoms with Crippen LogP contribution in [0, 0.1) is 6.92 Å². The normalized spacial score (nSPS) is 13.3. The Morgan fingerprint density at radius 1 is 1.08 bits per heavy atom. The molecule has 0 amide bonds. The van der Waals surface area contributed by atoms with Gasteiger partial charge in [0.2, 0.25) is 0 Å². The molecular weight excluding hydrogens is 348 g/mol. The number of esters is 1. The highest BCUT2D eigenvalue weighted by Crippen LogP contribution is 2.24.